The molecule has 0 aliphatic heterocycles. The second kappa shape index (κ2) is 6.62. The fourth-order valence-corrected chi connectivity index (χ4v) is 1.74. The molecule has 1 aromatic rings. The number of aliphatic carboxylic acids is 1. The fraction of sp³-hybridized carbons (Fsp3) is 0.222. The van der Waals surface area contributed by atoms with E-state index >= 15 is 0 Å². The van der Waals surface area contributed by atoms with E-state index in [1.807, 2.05) is 0 Å². The Kier molecular flexibility index (Phi) is 5.43. The van der Waals surface area contributed by atoms with Crippen LogP contribution in [0.15, 0.2) is 24.3 Å². The lowest BCUT2D eigenvalue weighted by Gasteiger charge is -2.13. The second-order valence-electron chi connectivity index (χ2n) is 3.59. The molecule has 0 amide bonds. The van der Waals surface area contributed by atoms with Gasteiger partial charge in [0.05, 0.1) is 0 Å². The maximum absolute atomic E-state index is 10.8. The molecule has 0 aromatic heterocycles. The van der Waals surface area contributed by atoms with Crippen molar-refractivity contribution >= 4 is 13.8 Å². The molecule has 0 fully saturated rings. The highest BCUT2D eigenvalue weighted by Gasteiger charge is 2.18. The molecule has 1 atom stereocenters. The van der Waals surface area contributed by atoms with E-state index in [0.717, 1.165) is 0 Å². The van der Waals surface area contributed by atoms with Crippen LogP contribution in [0.2, 0.25) is 0 Å². The van der Waals surface area contributed by atoms with Gasteiger partial charge < -0.3 is 9.63 Å². The summed E-state index contributed by atoms with van der Waals surface area (Å²) in [6, 6.07) is 4.60. The van der Waals surface area contributed by atoms with E-state index in [9.17, 15) is 9.36 Å². The van der Waals surface area contributed by atoms with E-state index in [-0.39, 0.29) is 12.2 Å². The molecule has 0 bridgehead atoms. The molecule has 0 saturated heterocycles. The van der Waals surface area contributed by atoms with Crippen molar-refractivity contribution in [3.05, 3.63) is 29.8 Å². The van der Waals surface area contributed by atoms with Gasteiger partial charge in [-0.3, -0.25) is 14.6 Å². The van der Waals surface area contributed by atoms with Crippen LogP contribution in [0.4, 0.5) is 0 Å². The smallest absolute Gasteiger partial charge is 0.480 e. The summed E-state index contributed by atoms with van der Waals surface area (Å²) >= 11 is 0. The Bertz CT molecular complexity index is 473. The average molecular weight is 290 g/mol. The van der Waals surface area contributed by atoms with Crippen molar-refractivity contribution in [3.8, 4) is 5.75 Å². The maximum atomic E-state index is 10.8. The third-order valence-electron chi connectivity index (χ3n) is 2.13. The van der Waals surface area contributed by atoms with Crippen molar-refractivity contribution < 1.29 is 28.8 Å². The Morgan fingerprint density at radius 2 is 1.95 bits per heavy atom. The predicted octanol–water partition coefficient (Wildman–Crippen LogP) is -0.554. The maximum Gasteiger partial charge on any atom is 0.524 e. The molecule has 0 unspecified atom stereocenters. The Labute approximate surface area is 108 Å². The summed E-state index contributed by atoms with van der Waals surface area (Å²) in [4.78, 5) is 28.0. The quantitative estimate of drug-likeness (QED) is 0.331. The van der Waals surface area contributed by atoms with Gasteiger partial charge in [-0.1, -0.05) is 12.1 Å². The summed E-state index contributed by atoms with van der Waals surface area (Å²) in [5.74, 6) is 5.55. The van der Waals surface area contributed by atoms with E-state index in [2.05, 4.69) is 9.95 Å². The molecule has 1 rings (SSSR count). The normalized spacial score (nSPS) is 13.0. The Morgan fingerprint density at radius 1 is 1.37 bits per heavy atom. The van der Waals surface area contributed by atoms with Gasteiger partial charge in [0.2, 0.25) is 0 Å². The number of nitrogens with one attached hydrogen (secondary N) is 3. The number of hydrogen-bond acceptors (Lipinski definition) is 5. The average Bonchev–Trinajstić information content (AvgIpc) is 2.29. The molecule has 9 nitrogen and oxygen atoms in total. The van der Waals surface area contributed by atoms with Crippen LogP contribution in [-0.4, -0.2) is 26.9 Å². The van der Waals surface area contributed by atoms with Gasteiger partial charge >= 0.3 is 13.8 Å². The standard InChI is InChI=1S/C9H13N3O6P/c10-12-11-8(9(13)14)5-6-1-3-7(4-2-6)18-19(15,16)17/h1-4,8,10-12H,5H2,(H,13,14)(H2,15,16,17)/t8-/m0/s1. The van der Waals surface area contributed by atoms with Crippen LogP contribution < -0.4 is 21.3 Å². The molecule has 105 valence electrons. The summed E-state index contributed by atoms with van der Waals surface area (Å²) < 4.78 is 14.9. The van der Waals surface area contributed by atoms with Gasteiger partial charge in [-0.2, -0.15) is 11.4 Å². The topological polar surface area (TPSA) is 152 Å². The second-order valence-corrected chi connectivity index (χ2v) is 4.75. The molecule has 0 aliphatic carbocycles. The van der Waals surface area contributed by atoms with Crippen LogP contribution >= 0.6 is 7.82 Å². The van der Waals surface area contributed by atoms with E-state index in [1.165, 1.54) is 24.3 Å². The number of phosphoric ester groups is 1. The first-order valence-corrected chi connectivity index (χ1v) is 6.59. The van der Waals surface area contributed by atoms with Crippen LogP contribution in [0, 0.1) is 0 Å². The molecule has 1 aromatic carbocycles. The largest absolute Gasteiger partial charge is 0.524 e. The molecule has 6 N–H and O–H groups in total. The third-order valence-corrected chi connectivity index (χ3v) is 2.58. The van der Waals surface area contributed by atoms with Crippen LogP contribution in [0.5, 0.6) is 5.75 Å². The summed E-state index contributed by atoms with van der Waals surface area (Å²) in [5, 5.41) is 8.86. The van der Waals surface area contributed by atoms with Gasteiger partial charge in [0, 0.05) is 0 Å². The first-order valence-electron chi connectivity index (χ1n) is 5.06. The Morgan fingerprint density at radius 3 is 2.37 bits per heavy atom. The minimum absolute atomic E-state index is 0.0180. The van der Waals surface area contributed by atoms with Crippen LogP contribution in [0.3, 0.4) is 0 Å². The minimum atomic E-state index is -4.60. The van der Waals surface area contributed by atoms with Gasteiger partial charge in [-0.05, 0) is 24.1 Å². The lowest BCUT2D eigenvalue weighted by molar-refractivity contribution is -0.139. The molecule has 0 aliphatic rings. The molecule has 0 spiro atoms. The van der Waals surface area contributed by atoms with Gasteiger partial charge in [0.25, 0.3) is 0 Å². The van der Waals surface area contributed by atoms with Crippen LogP contribution in [0.25, 0.3) is 0 Å². The zero-order valence-electron chi connectivity index (χ0n) is 9.61. The fourth-order valence-electron chi connectivity index (χ4n) is 1.35. The SMILES string of the molecule is [NH]NN[C@@H](Cc1ccc(OP(=O)(O)O)cc1)C(=O)O. The zero-order valence-corrected chi connectivity index (χ0v) is 10.5. The number of phosphoric acid groups is 1. The first-order chi connectivity index (χ1) is 8.81. The highest BCUT2D eigenvalue weighted by atomic mass is 31.2. The summed E-state index contributed by atoms with van der Waals surface area (Å²) in [6.45, 7) is 0. The van der Waals surface area contributed by atoms with E-state index < -0.39 is 19.8 Å². The summed E-state index contributed by atoms with van der Waals surface area (Å²) in [6.07, 6.45) is 0.0946. The molecular formula is C9H13N3O6P. The number of rotatable bonds is 7. The van der Waals surface area contributed by atoms with E-state index in [1.54, 1.807) is 5.53 Å². The van der Waals surface area contributed by atoms with Gasteiger partial charge in [-0.25, -0.2) is 9.99 Å². The number of carboxylic acid groups (broad SMARTS) is 1. The molecule has 19 heavy (non-hydrogen) atoms. The van der Waals surface area contributed by atoms with Crippen LogP contribution in [-0.2, 0) is 15.8 Å². The first kappa shape index (κ1) is 15.6. The monoisotopic (exact) mass is 290 g/mol. The van der Waals surface area contributed by atoms with Gasteiger partial charge in [-0.15, -0.1) is 0 Å². The number of hydrogen-bond donors (Lipinski definition) is 5. The Hall–Kier alpha value is -1.48. The van der Waals surface area contributed by atoms with Crippen molar-refractivity contribution in [2.45, 2.75) is 12.5 Å². The number of carboxylic acids is 1. The number of hydrazine groups is 1. The van der Waals surface area contributed by atoms with Crippen molar-refractivity contribution in [2.24, 2.45) is 0 Å². The predicted molar refractivity (Wildman–Crippen MR) is 63.6 cm³/mol. The molecule has 10 heteroatoms. The van der Waals surface area contributed by atoms with Crippen LogP contribution in [0.1, 0.15) is 5.56 Å². The van der Waals surface area contributed by atoms with Crippen molar-refractivity contribution in [2.75, 3.05) is 0 Å². The van der Waals surface area contributed by atoms with Crippen molar-refractivity contribution in [1.29, 1.82) is 0 Å². The lowest BCUT2D eigenvalue weighted by Crippen LogP contribution is -2.46. The molecule has 0 heterocycles. The summed E-state index contributed by atoms with van der Waals surface area (Å²) in [5.41, 5.74) is 4.65. The summed E-state index contributed by atoms with van der Waals surface area (Å²) in [7, 11) is -4.60. The lowest BCUT2D eigenvalue weighted by atomic mass is 10.1. The van der Waals surface area contributed by atoms with Crippen molar-refractivity contribution in [1.82, 2.24) is 16.8 Å². The molecule has 0 saturated carbocycles. The van der Waals surface area contributed by atoms with E-state index in [4.69, 9.17) is 20.7 Å². The third kappa shape index (κ3) is 5.79. The molecular weight excluding hydrogens is 277 g/mol. The van der Waals surface area contributed by atoms with Crippen molar-refractivity contribution in [3.63, 3.8) is 0 Å². The van der Waals surface area contributed by atoms with Gasteiger partial charge in [0.1, 0.15) is 11.8 Å². The Balaban J connectivity index is 2.70. The highest BCUT2D eigenvalue weighted by Crippen LogP contribution is 2.37. The molecule has 1 radical (unpaired) electrons. The highest BCUT2D eigenvalue weighted by molar-refractivity contribution is 7.46. The van der Waals surface area contributed by atoms with E-state index in [0.29, 0.717) is 5.56 Å². The zero-order chi connectivity index (χ0) is 14.5. The number of carbonyl (C=O) groups is 1. The number of benzene rings is 1. The minimum Gasteiger partial charge on any atom is -0.480 e. The van der Waals surface area contributed by atoms with Gasteiger partial charge in [0.15, 0.2) is 0 Å².